The minimum atomic E-state index is 0.478. The van der Waals surface area contributed by atoms with E-state index in [0.29, 0.717) is 11.9 Å². The van der Waals surface area contributed by atoms with Gasteiger partial charge in [0.25, 0.3) is 0 Å². The van der Waals surface area contributed by atoms with Gasteiger partial charge in [-0.2, -0.15) is 0 Å². The summed E-state index contributed by atoms with van der Waals surface area (Å²) >= 11 is 5.88. The number of rotatable bonds is 4. The molecule has 78 valence electrons. The molecule has 0 amide bonds. The van der Waals surface area contributed by atoms with E-state index in [4.69, 9.17) is 11.6 Å². The van der Waals surface area contributed by atoms with Crippen molar-refractivity contribution >= 4 is 17.3 Å². The van der Waals surface area contributed by atoms with Crippen molar-refractivity contribution in [3.05, 3.63) is 24.0 Å². The van der Waals surface area contributed by atoms with Crippen LogP contribution in [-0.4, -0.2) is 17.6 Å². The maximum atomic E-state index is 5.88. The Morgan fingerprint density at radius 1 is 1.50 bits per heavy atom. The first-order valence-corrected chi connectivity index (χ1v) is 5.49. The van der Waals surface area contributed by atoms with Gasteiger partial charge in [-0.1, -0.05) is 0 Å². The standard InChI is InChI=1S/C11H17ClN2/c1-4-14(9(2)3)11-8-13-6-5-10(11)7-12/h5-6,8-9H,4,7H2,1-3H3. The highest BCUT2D eigenvalue weighted by Gasteiger charge is 2.11. The van der Waals surface area contributed by atoms with Gasteiger partial charge in [0.15, 0.2) is 0 Å². The fourth-order valence-corrected chi connectivity index (χ4v) is 1.83. The lowest BCUT2D eigenvalue weighted by molar-refractivity contribution is 0.699. The summed E-state index contributed by atoms with van der Waals surface area (Å²) in [6.07, 6.45) is 3.68. The lowest BCUT2D eigenvalue weighted by Gasteiger charge is -2.28. The van der Waals surface area contributed by atoms with E-state index in [9.17, 15) is 0 Å². The SMILES string of the molecule is CCN(c1cnccc1CCl)C(C)C. The molecule has 1 aromatic heterocycles. The monoisotopic (exact) mass is 212 g/mol. The summed E-state index contributed by atoms with van der Waals surface area (Å²) in [7, 11) is 0. The van der Waals surface area contributed by atoms with Crippen LogP contribution in [0, 0.1) is 0 Å². The van der Waals surface area contributed by atoms with Crippen LogP contribution in [0.4, 0.5) is 5.69 Å². The van der Waals surface area contributed by atoms with E-state index in [-0.39, 0.29) is 0 Å². The second kappa shape index (κ2) is 5.20. The first kappa shape index (κ1) is 11.3. The second-order valence-corrected chi connectivity index (χ2v) is 3.79. The van der Waals surface area contributed by atoms with E-state index in [1.807, 2.05) is 12.3 Å². The second-order valence-electron chi connectivity index (χ2n) is 3.52. The molecule has 0 saturated heterocycles. The first-order chi connectivity index (χ1) is 6.70. The van der Waals surface area contributed by atoms with Crippen molar-refractivity contribution in [2.24, 2.45) is 0 Å². The van der Waals surface area contributed by atoms with Crippen LogP contribution >= 0.6 is 11.6 Å². The quantitative estimate of drug-likeness (QED) is 0.714. The van der Waals surface area contributed by atoms with Gasteiger partial charge < -0.3 is 4.90 Å². The molecule has 1 aromatic rings. The van der Waals surface area contributed by atoms with Crippen molar-refractivity contribution in [3.8, 4) is 0 Å². The molecular weight excluding hydrogens is 196 g/mol. The largest absolute Gasteiger partial charge is 0.368 e. The van der Waals surface area contributed by atoms with Crippen LogP contribution in [0.25, 0.3) is 0 Å². The lowest BCUT2D eigenvalue weighted by atomic mass is 10.2. The number of hydrogen-bond donors (Lipinski definition) is 0. The van der Waals surface area contributed by atoms with Gasteiger partial charge in [-0.05, 0) is 32.4 Å². The Kier molecular flexibility index (Phi) is 4.21. The minimum absolute atomic E-state index is 0.478. The molecule has 1 rings (SSSR count). The number of alkyl halides is 1. The summed E-state index contributed by atoms with van der Waals surface area (Å²) in [5, 5.41) is 0. The molecule has 0 aromatic carbocycles. The average molecular weight is 213 g/mol. The Morgan fingerprint density at radius 3 is 2.71 bits per heavy atom. The molecule has 0 aliphatic carbocycles. The molecule has 0 unspecified atom stereocenters. The molecule has 0 radical (unpaired) electrons. The van der Waals surface area contributed by atoms with E-state index in [1.54, 1.807) is 6.20 Å². The smallest absolute Gasteiger partial charge is 0.0599 e. The number of nitrogens with zero attached hydrogens (tertiary/aromatic N) is 2. The zero-order valence-corrected chi connectivity index (χ0v) is 9.75. The van der Waals surface area contributed by atoms with Gasteiger partial charge in [-0.25, -0.2) is 0 Å². The molecule has 0 fully saturated rings. The van der Waals surface area contributed by atoms with Crippen LogP contribution in [0.3, 0.4) is 0 Å². The number of anilines is 1. The topological polar surface area (TPSA) is 16.1 Å². The summed E-state index contributed by atoms with van der Waals surface area (Å²) in [5.74, 6) is 0.543. The van der Waals surface area contributed by atoms with Crippen LogP contribution in [0.2, 0.25) is 0 Å². The van der Waals surface area contributed by atoms with Gasteiger partial charge in [0, 0.05) is 24.7 Å². The predicted molar refractivity (Wildman–Crippen MR) is 62.0 cm³/mol. The predicted octanol–water partition coefficient (Wildman–Crippen LogP) is 3.06. The van der Waals surface area contributed by atoms with Gasteiger partial charge in [0.1, 0.15) is 0 Å². The zero-order valence-electron chi connectivity index (χ0n) is 9.00. The van der Waals surface area contributed by atoms with E-state index in [1.165, 1.54) is 0 Å². The van der Waals surface area contributed by atoms with Crippen LogP contribution in [0.15, 0.2) is 18.5 Å². The Morgan fingerprint density at radius 2 is 2.21 bits per heavy atom. The summed E-state index contributed by atoms with van der Waals surface area (Å²) in [5.41, 5.74) is 2.30. The lowest BCUT2D eigenvalue weighted by Crippen LogP contribution is -2.31. The van der Waals surface area contributed by atoms with Crippen LogP contribution in [0.5, 0.6) is 0 Å². The van der Waals surface area contributed by atoms with Gasteiger partial charge in [-0.15, -0.1) is 11.6 Å². The van der Waals surface area contributed by atoms with Gasteiger partial charge in [0.2, 0.25) is 0 Å². The molecule has 1 heterocycles. The van der Waals surface area contributed by atoms with Gasteiger partial charge in [0.05, 0.1) is 11.9 Å². The molecule has 3 heteroatoms. The number of aromatic nitrogens is 1. The normalized spacial score (nSPS) is 10.6. The third-order valence-electron chi connectivity index (χ3n) is 2.31. The molecule has 0 saturated carbocycles. The van der Waals surface area contributed by atoms with Crippen LogP contribution < -0.4 is 4.90 Å². The number of pyridine rings is 1. The maximum Gasteiger partial charge on any atom is 0.0599 e. The van der Waals surface area contributed by atoms with Crippen molar-refractivity contribution in [2.75, 3.05) is 11.4 Å². The molecule has 0 aliphatic heterocycles. The molecule has 2 nitrogen and oxygen atoms in total. The summed E-state index contributed by atoms with van der Waals surface area (Å²) < 4.78 is 0. The highest BCUT2D eigenvalue weighted by molar-refractivity contribution is 6.17. The molecular formula is C11H17ClN2. The zero-order chi connectivity index (χ0) is 10.6. The van der Waals surface area contributed by atoms with E-state index in [0.717, 1.165) is 17.8 Å². The van der Waals surface area contributed by atoms with Crippen molar-refractivity contribution in [3.63, 3.8) is 0 Å². The highest BCUT2D eigenvalue weighted by Crippen LogP contribution is 2.22. The fraction of sp³-hybridized carbons (Fsp3) is 0.545. The third-order valence-corrected chi connectivity index (χ3v) is 2.59. The van der Waals surface area contributed by atoms with Crippen molar-refractivity contribution in [1.29, 1.82) is 0 Å². The fourth-order valence-electron chi connectivity index (χ4n) is 1.60. The molecule has 0 N–H and O–H groups in total. The van der Waals surface area contributed by atoms with E-state index >= 15 is 0 Å². The molecule has 0 atom stereocenters. The summed E-state index contributed by atoms with van der Waals surface area (Å²) in [4.78, 5) is 6.44. The van der Waals surface area contributed by atoms with Crippen molar-refractivity contribution < 1.29 is 0 Å². The van der Waals surface area contributed by atoms with Gasteiger partial charge >= 0.3 is 0 Å². The third kappa shape index (κ3) is 2.38. The molecule has 0 spiro atoms. The number of hydrogen-bond acceptors (Lipinski definition) is 2. The summed E-state index contributed by atoms with van der Waals surface area (Å²) in [6.45, 7) is 7.47. The first-order valence-electron chi connectivity index (χ1n) is 4.96. The Labute approximate surface area is 90.9 Å². The van der Waals surface area contributed by atoms with Crippen LogP contribution in [-0.2, 0) is 5.88 Å². The van der Waals surface area contributed by atoms with E-state index < -0.39 is 0 Å². The average Bonchev–Trinajstić information content (AvgIpc) is 2.19. The molecule has 0 aliphatic rings. The maximum absolute atomic E-state index is 5.88. The molecule has 14 heavy (non-hydrogen) atoms. The van der Waals surface area contributed by atoms with E-state index in [2.05, 4.69) is 30.7 Å². The Balaban J connectivity index is 3.02. The van der Waals surface area contributed by atoms with Crippen molar-refractivity contribution in [1.82, 2.24) is 4.98 Å². The Bertz CT molecular complexity index is 286. The van der Waals surface area contributed by atoms with Gasteiger partial charge in [-0.3, -0.25) is 4.98 Å². The molecule has 0 bridgehead atoms. The minimum Gasteiger partial charge on any atom is -0.368 e. The number of halogens is 1. The summed E-state index contributed by atoms with van der Waals surface area (Å²) in [6, 6.07) is 2.46. The van der Waals surface area contributed by atoms with Crippen LogP contribution in [0.1, 0.15) is 26.3 Å². The van der Waals surface area contributed by atoms with Crippen molar-refractivity contribution in [2.45, 2.75) is 32.7 Å². The Hall–Kier alpha value is -0.760. The highest BCUT2D eigenvalue weighted by atomic mass is 35.5.